The number of ether oxygens (including phenoxy) is 2. The van der Waals surface area contributed by atoms with Crippen LogP contribution >= 0.6 is 0 Å². The van der Waals surface area contributed by atoms with Gasteiger partial charge in [-0.15, -0.1) is 0 Å². The molecule has 0 aliphatic rings. The topological polar surface area (TPSA) is 59.6 Å². The van der Waals surface area contributed by atoms with Gasteiger partial charge in [0.2, 0.25) is 0 Å². The highest BCUT2D eigenvalue weighted by Crippen LogP contribution is 2.17. The lowest BCUT2D eigenvalue weighted by Crippen LogP contribution is -2.42. The molecule has 22 heavy (non-hydrogen) atoms. The van der Waals surface area contributed by atoms with E-state index >= 15 is 0 Å². The SMILES string of the molecule is CCOc1ccccc1CNCC(C)NC(=O)OC(C)(C)C. The fourth-order valence-corrected chi connectivity index (χ4v) is 1.93. The van der Waals surface area contributed by atoms with Crippen molar-refractivity contribution in [3.8, 4) is 5.75 Å². The Morgan fingerprint density at radius 2 is 1.95 bits per heavy atom. The van der Waals surface area contributed by atoms with Gasteiger partial charge < -0.3 is 20.1 Å². The van der Waals surface area contributed by atoms with Crippen molar-refractivity contribution in [2.24, 2.45) is 0 Å². The molecule has 5 heteroatoms. The third-order valence-corrected chi connectivity index (χ3v) is 2.80. The molecule has 5 nitrogen and oxygen atoms in total. The average Bonchev–Trinajstić information content (AvgIpc) is 2.38. The molecule has 1 atom stereocenters. The molecule has 0 aromatic heterocycles. The van der Waals surface area contributed by atoms with Crippen LogP contribution in [0, 0.1) is 0 Å². The van der Waals surface area contributed by atoms with Gasteiger partial charge in [0, 0.05) is 24.7 Å². The number of benzene rings is 1. The number of hydrogen-bond acceptors (Lipinski definition) is 4. The summed E-state index contributed by atoms with van der Waals surface area (Å²) in [7, 11) is 0. The fourth-order valence-electron chi connectivity index (χ4n) is 1.93. The Bertz CT molecular complexity index is 469. The molecule has 2 N–H and O–H groups in total. The van der Waals surface area contributed by atoms with Crippen LogP contribution in [0.4, 0.5) is 4.79 Å². The average molecular weight is 308 g/mol. The zero-order valence-corrected chi connectivity index (χ0v) is 14.2. The predicted octanol–water partition coefficient (Wildman–Crippen LogP) is 3.09. The van der Waals surface area contributed by atoms with E-state index in [2.05, 4.69) is 10.6 Å². The Hall–Kier alpha value is -1.75. The molecule has 1 unspecified atom stereocenters. The second-order valence-electron chi connectivity index (χ2n) is 6.22. The number of amides is 1. The van der Waals surface area contributed by atoms with Crippen LogP contribution in [0.15, 0.2) is 24.3 Å². The maximum absolute atomic E-state index is 11.7. The molecule has 0 saturated heterocycles. The Labute approximate surface area is 133 Å². The lowest BCUT2D eigenvalue weighted by molar-refractivity contribution is 0.0508. The van der Waals surface area contributed by atoms with Crippen LogP contribution in [0.25, 0.3) is 0 Å². The van der Waals surface area contributed by atoms with Gasteiger partial charge in [-0.3, -0.25) is 0 Å². The maximum Gasteiger partial charge on any atom is 0.407 e. The number of rotatable bonds is 7. The minimum absolute atomic E-state index is 0.0193. The van der Waals surface area contributed by atoms with E-state index in [1.165, 1.54) is 0 Å². The Balaban J connectivity index is 2.36. The van der Waals surface area contributed by atoms with Gasteiger partial charge in [0.25, 0.3) is 0 Å². The molecule has 0 aliphatic heterocycles. The largest absolute Gasteiger partial charge is 0.494 e. The first-order valence-corrected chi connectivity index (χ1v) is 7.72. The molecule has 0 radical (unpaired) electrons. The first kappa shape index (κ1) is 18.3. The van der Waals surface area contributed by atoms with Crippen LogP contribution in [-0.4, -0.2) is 30.9 Å². The highest BCUT2D eigenvalue weighted by molar-refractivity contribution is 5.68. The van der Waals surface area contributed by atoms with Crippen LogP contribution in [0.5, 0.6) is 5.75 Å². The zero-order chi connectivity index (χ0) is 16.6. The molecule has 0 aliphatic carbocycles. The zero-order valence-electron chi connectivity index (χ0n) is 14.2. The van der Waals surface area contributed by atoms with E-state index in [9.17, 15) is 4.79 Å². The molecule has 0 saturated carbocycles. The van der Waals surface area contributed by atoms with Crippen molar-refractivity contribution >= 4 is 6.09 Å². The van der Waals surface area contributed by atoms with Crippen LogP contribution < -0.4 is 15.4 Å². The van der Waals surface area contributed by atoms with E-state index in [0.29, 0.717) is 19.7 Å². The van der Waals surface area contributed by atoms with Crippen molar-refractivity contribution in [3.63, 3.8) is 0 Å². The van der Waals surface area contributed by atoms with Crippen molar-refractivity contribution in [1.82, 2.24) is 10.6 Å². The molecular weight excluding hydrogens is 280 g/mol. The second-order valence-corrected chi connectivity index (χ2v) is 6.22. The molecule has 1 amide bonds. The highest BCUT2D eigenvalue weighted by atomic mass is 16.6. The summed E-state index contributed by atoms with van der Waals surface area (Å²) in [6.07, 6.45) is -0.392. The third kappa shape index (κ3) is 7.31. The molecule has 0 fully saturated rings. The molecule has 0 spiro atoms. The Morgan fingerprint density at radius 1 is 1.27 bits per heavy atom. The first-order valence-electron chi connectivity index (χ1n) is 7.72. The number of carbonyl (C=O) groups excluding carboxylic acids is 1. The van der Waals surface area contributed by atoms with Crippen molar-refractivity contribution in [1.29, 1.82) is 0 Å². The van der Waals surface area contributed by atoms with Crippen molar-refractivity contribution in [2.75, 3.05) is 13.2 Å². The molecule has 1 aromatic carbocycles. The third-order valence-electron chi connectivity index (χ3n) is 2.80. The van der Waals surface area contributed by atoms with E-state index in [1.807, 2.05) is 58.9 Å². The van der Waals surface area contributed by atoms with E-state index < -0.39 is 11.7 Å². The van der Waals surface area contributed by atoms with Crippen molar-refractivity contribution in [3.05, 3.63) is 29.8 Å². The maximum atomic E-state index is 11.7. The summed E-state index contributed by atoms with van der Waals surface area (Å²) in [5.41, 5.74) is 0.627. The van der Waals surface area contributed by atoms with Crippen molar-refractivity contribution < 1.29 is 14.3 Å². The van der Waals surface area contributed by atoms with E-state index in [-0.39, 0.29) is 6.04 Å². The smallest absolute Gasteiger partial charge is 0.407 e. The first-order chi connectivity index (χ1) is 10.3. The number of carbonyl (C=O) groups is 1. The van der Waals surface area contributed by atoms with Crippen LogP contribution in [0.2, 0.25) is 0 Å². The number of nitrogens with one attached hydrogen (secondary N) is 2. The standard InChI is InChI=1S/C17H28N2O3/c1-6-21-15-10-8-7-9-14(15)12-18-11-13(2)19-16(20)22-17(3,4)5/h7-10,13,18H,6,11-12H2,1-5H3,(H,19,20). The molecular formula is C17H28N2O3. The predicted molar refractivity (Wildman–Crippen MR) is 88.1 cm³/mol. The van der Waals surface area contributed by atoms with E-state index in [1.54, 1.807) is 0 Å². The molecule has 124 valence electrons. The summed E-state index contributed by atoms with van der Waals surface area (Å²) in [5, 5.41) is 6.13. The van der Waals surface area contributed by atoms with Crippen molar-refractivity contribution in [2.45, 2.75) is 52.8 Å². The Morgan fingerprint density at radius 3 is 2.59 bits per heavy atom. The highest BCUT2D eigenvalue weighted by Gasteiger charge is 2.17. The summed E-state index contributed by atoms with van der Waals surface area (Å²) in [6, 6.07) is 7.92. The summed E-state index contributed by atoms with van der Waals surface area (Å²) < 4.78 is 10.8. The van der Waals surface area contributed by atoms with Crippen LogP contribution in [-0.2, 0) is 11.3 Å². The molecule has 0 heterocycles. The molecule has 0 bridgehead atoms. The molecule has 1 rings (SSSR count). The minimum atomic E-state index is -0.479. The second kappa shape index (κ2) is 8.63. The number of alkyl carbamates (subject to hydrolysis) is 1. The van der Waals surface area contributed by atoms with E-state index in [0.717, 1.165) is 11.3 Å². The summed E-state index contributed by atoms with van der Waals surface area (Å²) in [5.74, 6) is 0.894. The van der Waals surface area contributed by atoms with Gasteiger partial charge in [0.05, 0.1) is 6.61 Å². The fraction of sp³-hybridized carbons (Fsp3) is 0.588. The summed E-state index contributed by atoms with van der Waals surface area (Å²) >= 11 is 0. The van der Waals surface area contributed by atoms with Gasteiger partial charge in [0.15, 0.2) is 0 Å². The van der Waals surface area contributed by atoms with Gasteiger partial charge in [0.1, 0.15) is 11.4 Å². The van der Waals surface area contributed by atoms with Gasteiger partial charge in [-0.05, 0) is 40.7 Å². The van der Waals surface area contributed by atoms with Crippen LogP contribution in [0.1, 0.15) is 40.2 Å². The normalized spacial score (nSPS) is 12.6. The van der Waals surface area contributed by atoms with Gasteiger partial charge >= 0.3 is 6.09 Å². The van der Waals surface area contributed by atoms with Crippen LogP contribution in [0.3, 0.4) is 0 Å². The monoisotopic (exact) mass is 308 g/mol. The number of para-hydroxylation sites is 1. The number of hydrogen-bond donors (Lipinski definition) is 2. The van der Waals surface area contributed by atoms with Gasteiger partial charge in [-0.2, -0.15) is 0 Å². The summed E-state index contributed by atoms with van der Waals surface area (Å²) in [6.45, 7) is 11.4. The quantitative estimate of drug-likeness (QED) is 0.812. The lowest BCUT2D eigenvalue weighted by Gasteiger charge is -2.22. The molecule has 1 aromatic rings. The lowest BCUT2D eigenvalue weighted by atomic mass is 10.2. The minimum Gasteiger partial charge on any atom is -0.494 e. The van der Waals surface area contributed by atoms with Gasteiger partial charge in [-0.1, -0.05) is 18.2 Å². The Kier molecular flexibility index (Phi) is 7.18. The summed E-state index contributed by atoms with van der Waals surface area (Å²) in [4.78, 5) is 11.7. The van der Waals surface area contributed by atoms with E-state index in [4.69, 9.17) is 9.47 Å². The van der Waals surface area contributed by atoms with Gasteiger partial charge in [-0.25, -0.2) is 4.79 Å².